The van der Waals surface area contributed by atoms with E-state index in [-0.39, 0.29) is 5.91 Å². The molecule has 0 fully saturated rings. The number of hydrogen-bond acceptors (Lipinski definition) is 3. The van der Waals surface area contributed by atoms with Gasteiger partial charge in [-0.3, -0.25) is 4.79 Å². The highest BCUT2D eigenvalue weighted by Crippen LogP contribution is 2.21. The number of carbonyl (C=O) groups excluding carboxylic acids is 1. The van der Waals surface area contributed by atoms with Gasteiger partial charge >= 0.3 is 0 Å². The van der Waals surface area contributed by atoms with Crippen LogP contribution in [0.1, 0.15) is 11.1 Å². The molecule has 22 heavy (non-hydrogen) atoms. The highest BCUT2D eigenvalue weighted by Gasteiger charge is 2.05. The zero-order valence-electron chi connectivity index (χ0n) is 13.5. The first kappa shape index (κ1) is 16.4. The van der Waals surface area contributed by atoms with Crippen molar-refractivity contribution in [1.82, 2.24) is 0 Å². The van der Waals surface area contributed by atoms with Gasteiger partial charge in [0.25, 0.3) is 0 Å². The van der Waals surface area contributed by atoms with Crippen molar-refractivity contribution < 1.29 is 4.79 Å². The highest BCUT2D eigenvalue weighted by molar-refractivity contribution is 8.00. The van der Waals surface area contributed by atoms with E-state index in [1.807, 2.05) is 43.3 Å². The SMILES string of the molecule is Cc1ccc(SCC(=O)Nc2ccc(N(C)C)cc2)cc1C. The fraction of sp³-hybridized carbons (Fsp3) is 0.278. The second-order valence-corrected chi connectivity index (χ2v) is 6.57. The molecule has 0 aromatic heterocycles. The maximum absolute atomic E-state index is 12.0. The Kier molecular flexibility index (Phi) is 5.50. The van der Waals surface area contributed by atoms with Crippen LogP contribution in [0, 0.1) is 13.8 Å². The molecule has 0 unspecified atom stereocenters. The summed E-state index contributed by atoms with van der Waals surface area (Å²) in [4.78, 5) is 15.2. The maximum atomic E-state index is 12.0. The summed E-state index contributed by atoms with van der Waals surface area (Å²) in [6, 6.07) is 14.1. The monoisotopic (exact) mass is 314 g/mol. The topological polar surface area (TPSA) is 32.3 Å². The molecule has 0 bridgehead atoms. The molecule has 116 valence electrons. The molecule has 2 aromatic carbocycles. The number of anilines is 2. The Bertz CT molecular complexity index is 651. The van der Waals surface area contributed by atoms with Gasteiger partial charge in [-0.1, -0.05) is 6.07 Å². The van der Waals surface area contributed by atoms with Crippen molar-refractivity contribution in [1.29, 1.82) is 0 Å². The van der Waals surface area contributed by atoms with Gasteiger partial charge in [0.05, 0.1) is 5.75 Å². The van der Waals surface area contributed by atoms with Crippen LogP contribution in [0.2, 0.25) is 0 Å². The van der Waals surface area contributed by atoms with Gasteiger partial charge in [0, 0.05) is 30.4 Å². The van der Waals surface area contributed by atoms with Crippen LogP contribution in [0.4, 0.5) is 11.4 Å². The molecule has 3 nitrogen and oxygen atoms in total. The first-order valence-electron chi connectivity index (χ1n) is 7.23. The van der Waals surface area contributed by atoms with E-state index < -0.39 is 0 Å². The van der Waals surface area contributed by atoms with E-state index in [2.05, 4.69) is 37.4 Å². The van der Waals surface area contributed by atoms with Gasteiger partial charge in [0.1, 0.15) is 0 Å². The van der Waals surface area contributed by atoms with Gasteiger partial charge < -0.3 is 10.2 Å². The third kappa shape index (κ3) is 4.53. The number of thioether (sulfide) groups is 1. The van der Waals surface area contributed by atoms with E-state index in [0.717, 1.165) is 16.3 Å². The summed E-state index contributed by atoms with van der Waals surface area (Å²) in [6.07, 6.45) is 0. The predicted octanol–water partition coefficient (Wildman–Crippen LogP) is 4.10. The molecule has 1 N–H and O–H groups in total. The fourth-order valence-electron chi connectivity index (χ4n) is 1.99. The highest BCUT2D eigenvalue weighted by atomic mass is 32.2. The summed E-state index contributed by atoms with van der Waals surface area (Å²) in [5.74, 6) is 0.429. The van der Waals surface area contributed by atoms with E-state index >= 15 is 0 Å². The first-order valence-corrected chi connectivity index (χ1v) is 8.21. The van der Waals surface area contributed by atoms with Gasteiger partial charge in [0.15, 0.2) is 0 Å². The molecule has 0 atom stereocenters. The average molecular weight is 314 g/mol. The Morgan fingerprint density at radius 1 is 1.05 bits per heavy atom. The van der Waals surface area contributed by atoms with Crippen molar-refractivity contribution in [2.24, 2.45) is 0 Å². The summed E-state index contributed by atoms with van der Waals surface area (Å²) in [5.41, 5.74) is 4.47. The number of benzene rings is 2. The van der Waals surface area contributed by atoms with Crippen LogP contribution in [0.15, 0.2) is 47.4 Å². The maximum Gasteiger partial charge on any atom is 0.234 e. The molecular formula is C18H22N2OS. The fourth-order valence-corrected chi connectivity index (χ4v) is 2.79. The van der Waals surface area contributed by atoms with Gasteiger partial charge in [-0.25, -0.2) is 0 Å². The lowest BCUT2D eigenvalue weighted by atomic mass is 10.1. The molecular weight excluding hydrogens is 292 g/mol. The van der Waals surface area contributed by atoms with Crippen LogP contribution < -0.4 is 10.2 Å². The Morgan fingerprint density at radius 3 is 2.32 bits per heavy atom. The molecule has 0 aliphatic heterocycles. The number of nitrogens with zero attached hydrogens (tertiary/aromatic N) is 1. The molecule has 0 heterocycles. The third-order valence-electron chi connectivity index (χ3n) is 3.52. The Labute approximate surface area is 136 Å². The second-order valence-electron chi connectivity index (χ2n) is 5.52. The minimum atomic E-state index is 0.0147. The molecule has 2 rings (SSSR count). The zero-order valence-corrected chi connectivity index (χ0v) is 14.3. The minimum absolute atomic E-state index is 0.0147. The van der Waals surface area contributed by atoms with Crippen LogP contribution >= 0.6 is 11.8 Å². The lowest BCUT2D eigenvalue weighted by Crippen LogP contribution is -2.14. The van der Waals surface area contributed by atoms with E-state index in [9.17, 15) is 4.79 Å². The van der Waals surface area contributed by atoms with Crippen LogP contribution in [0.3, 0.4) is 0 Å². The number of amides is 1. The van der Waals surface area contributed by atoms with Crippen molar-refractivity contribution >= 4 is 29.0 Å². The molecule has 0 radical (unpaired) electrons. The standard InChI is InChI=1S/C18H22N2OS/c1-13-5-10-17(11-14(13)2)22-12-18(21)19-15-6-8-16(9-7-15)20(3)4/h5-11H,12H2,1-4H3,(H,19,21). The third-order valence-corrected chi connectivity index (χ3v) is 4.51. The van der Waals surface area contributed by atoms with Crippen LogP contribution in [0.25, 0.3) is 0 Å². The first-order chi connectivity index (χ1) is 10.5. The van der Waals surface area contributed by atoms with Crippen LogP contribution in [-0.2, 0) is 4.79 Å². The molecule has 0 saturated carbocycles. The molecule has 0 aliphatic carbocycles. The molecule has 4 heteroatoms. The van der Waals surface area contributed by atoms with Gasteiger partial charge in [0.2, 0.25) is 5.91 Å². The van der Waals surface area contributed by atoms with Crippen molar-refractivity contribution in [3.05, 3.63) is 53.6 Å². The second kappa shape index (κ2) is 7.36. The summed E-state index contributed by atoms with van der Waals surface area (Å²) < 4.78 is 0. The largest absolute Gasteiger partial charge is 0.378 e. The minimum Gasteiger partial charge on any atom is -0.378 e. The van der Waals surface area contributed by atoms with Gasteiger partial charge in [-0.15, -0.1) is 11.8 Å². The van der Waals surface area contributed by atoms with E-state index in [1.165, 1.54) is 11.1 Å². The van der Waals surface area contributed by atoms with Crippen LogP contribution in [-0.4, -0.2) is 25.8 Å². The number of nitrogens with one attached hydrogen (secondary N) is 1. The molecule has 0 aliphatic rings. The summed E-state index contributed by atoms with van der Waals surface area (Å²) >= 11 is 1.56. The number of aryl methyl sites for hydroxylation is 2. The van der Waals surface area contributed by atoms with Crippen molar-refractivity contribution in [2.45, 2.75) is 18.7 Å². The summed E-state index contributed by atoms with van der Waals surface area (Å²) in [5, 5.41) is 2.93. The lowest BCUT2D eigenvalue weighted by molar-refractivity contribution is -0.113. The van der Waals surface area contributed by atoms with E-state index in [0.29, 0.717) is 5.75 Å². The average Bonchev–Trinajstić information content (AvgIpc) is 2.49. The van der Waals surface area contributed by atoms with Crippen LogP contribution in [0.5, 0.6) is 0 Å². The molecule has 0 saturated heterocycles. The van der Waals surface area contributed by atoms with Crippen molar-refractivity contribution in [2.75, 3.05) is 30.1 Å². The zero-order chi connectivity index (χ0) is 16.1. The predicted molar refractivity (Wildman–Crippen MR) is 96.0 cm³/mol. The van der Waals surface area contributed by atoms with Crippen molar-refractivity contribution in [3.8, 4) is 0 Å². The Balaban J connectivity index is 1.88. The smallest absolute Gasteiger partial charge is 0.234 e. The summed E-state index contributed by atoms with van der Waals surface area (Å²) in [6.45, 7) is 4.18. The van der Waals surface area contributed by atoms with Gasteiger partial charge in [-0.05, 0) is 61.4 Å². The number of rotatable bonds is 5. The van der Waals surface area contributed by atoms with Crippen molar-refractivity contribution in [3.63, 3.8) is 0 Å². The van der Waals surface area contributed by atoms with Gasteiger partial charge in [-0.2, -0.15) is 0 Å². The summed E-state index contributed by atoms with van der Waals surface area (Å²) in [7, 11) is 3.99. The van der Waals surface area contributed by atoms with E-state index in [1.54, 1.807) is 11.8 Å². The molecule has 0 spiro atoms. The number of hydrogen-bond donors (Lipinski definition) is 1. The lowest BCUT2D eigenvalue weighted by Gasteiger charge is -2.13. The Morgan fingerprint density at radius 2 is 1.73 bits per heavy atom. The van der Waals surface area contributed by atoms with E-state index in [4.69, 9.17) is 0 Å². The quantitative estimate of drug-likeness (QED) is 0.843. The normalized spacial score (nSPS) is 10.4. The molecule has 2 aromatic rings. The Hall–Kier alpha value is -1.94. The number of carbonyl (C=O) groups is 1. The molecule has 1 amide bonds.